The number of esters is 1. The molecule has 0 unspecified atom stereocenters. The molecule has 0 amide bonds. The van der Waals surface area contributed by atoms with Crippen LogP contribution in [0.2, 0.25) is 0 Å². The number of carbonyl (C=O) groups is 1. The molecule has 5 aliphatic carbocycles. The van der Waals surface area contributed by atoms with Crippen molar-refractivity contribution in [3.63, 3.8) is 0 Å². The second-order valence-electron chi connectivity index (χ2n) is 16.3. The molecule has 0 radical (unpaired) electrons. The van der Waals surface area contributed by atoms with Crippen LogP contribution in [-0.2, 0) is 14.3 Å². The Morgan fingerprint density at radius 1 is 1.00 bits per heavy atom. The van der Waals surface area contributed by atoms with Gasteiger partial charge in [0.25, 0.3) is 0 Å². The first-order chi connectivity index (χ1) is 17.5. The van der Waals surface area contributed by atoms with Crippen LogP contribution in [0.4, 0.5) is 0 Å². The van der Waals surface area contributed by atoms with Crippen LogP contribution in [0, 0.1) is 50.7 Å². The highest BCUT2D eigenvalue weighted by atomic mass is 16.6. The molecule has 1 saturated heterocycles. The molecule has 38 heavy (non-hydrogen) atoms. The van der Waals surface area contributed by atoms with Gasteiger partial charge in [-0.3, -0.25) is 4.79 Å². The molecule has 6 heteroatoms. The van der Waals surface area contributed by atoms with E-state index >= 15 is 0 Å². The standard InChI is InChI=1S/C32H52O6/c1-17-15-19(26(28(5,6)36)37-18(2)33)38-24-23(17)29(7)13-14-32-16-31(32)12-11-22(34)27(3,4)20(31)9-10-21(32)30(29,8)25(24)35/h17,19-26,34-36H,9-16H2,1-8H3/t17-,19-,20+,21+,22+,23-,24+,25+,26-,29-,30-,31-,32+/m1/s1. The molecular formula is C32H52O6. The van der Waals surface area contributed by atoms with Crippen molar-refractivity contribution in [3.8, 4) is 0 Å². The number of aliphatic hydroxyl groups is 3. The van der Waals surface area contributed by atoms with Crippen molar-refractivity contribution >= 4 is 5.97 Å². The zero-order chi connectivity index (χ0) is 27.8. The van der Waals surface area contributed by atoms with E-state index in [9.17, 15) is 20.1 Å². The molecule has 0 aromatic heterocycles. The lowest BCUT2D eigenvalue weighted by atomic mass is 9.41. The zero-order valence-corrected chi connectivity index (χ0v) is 24.9. The topological polar surface area (TPSA) is 96.2 Å². The van der Waals surface area contributed by atoms with Crippen molar-refractivity contribution < 1.29 is 29.6 Å². The Labute approximate surface area is 229 Å². The SMILES string of the molecule is CC(=O)O[C@H]([C@H]1C[C@@H](C)[C@@H]2[C@H](O1)[C@H](O)[C@@]1(C)[C@@H]3CC[C@H]4C(C)(C)[C@@H](O)CC[C@@]45C[C@@]35CC[C@]21C)C(C)(C)O. The molecule has 6 rings (SSSR count). The summed E-state index contributed by atoms with van der Waals surface area (Å²) in [6.07, 6.45) is 6.19. The molecule has 13 atom stereocenters. The third-order valence-electron chi connectivity index (χ3n) is 14.1. The normalized spacial score (nSPS) is 55.4. The first-order valence-electron chi connectivity index (χ1n) is 15.4. The Morgan fingerprint density at radius 3 is 2.26 bits per heavy atom. The average molecular weight is 533 g/mol. The number of ether oxygens (including phenoxy) is 2. The molecule has 3 N–H and O–H groups in total. The number of aliphatic hydroxyl groups excluding tert-OH is 2. The van der Waals surface area contributed by atoms with E-state index in [1.54, 1.807) is 13.8 Å². The van der Waals surface area contributed by atoms with Gasteiger partial charge in [-0.2, -0.15) is 0 Å². The van der Waals surface area contributed by atoms with Gasteiger partial charge in [0.1, 0.15) is 0 Å². The van der Waals surface area contributed by atoms with Crippen molar-refractivity contribution in [2.24, 2.45) is 50.7 Å². The fraction of sp³-hybridized carbons (Fsp3) is 0.969. The molecule has 1 heterocycles. The second-order valence-corrected chi connectivity index (χ2v) is 16.3. The third-order valence-corrected chi connectivity index (χ3v) is 14.1. The summed E-state index contributed by atoms with van der Waals surface area (Å²) in [7, 11) is 0. The van der Waals surface area contributed by atoms with Crippen molar-refractivity contribution in [2.75, 3.05) is 0 Å². The summed E-state index contributed by atoms with van der Waals surface area (Å²) in [5, 5.41) is 34.2. The zero-order valence-electron chi connectivity index (χ0n) is 24.9. The van der Waals surface area contributed by atoms with E-state index in [2.05, 4.69) is 34.6 Å². The summed E-state index contributed by atoms with van der Waals surface area (Å²) in [4.78, 5) is 11.9. The quantitative estimate of drug-likeness (QED) is 0.449. The average Bonchev–Trinajstić information content (AvgIpc) is 3.44. The molecule has 1 aliphatic heterocycles. The van der Waals surface area contributed by atoms with Gasteiger partial charge in [-0.25, -0.2) is 0 Å². The van der Waals surface area contributed by atoms with Crippen molar-refractivity contribution in [1.82, 2.24) is 0 Å². The maximum Gasteiger partial charge on any atom is 0.303 e. The minimum atomic E-state index is -1.24. The number of fused-ring (bicyclic) bond motifs is 4. The van der Waals surface area contributed by atoms with Crippen LogP contribution in [0.15, 0.2) is 0 Å². The molecule has 6 fully saturated rings. The van der Waals surface area contributed by atoms with Gasteiger partial charge in [0.05, 0.1) is 30.0 Å². The number of hydrogen-bond donors (Lipinski definition) is 3. The number of rotatable bonds is 3. The molecule has 6 nitrogen and oxygen atoms in total. The van der Waals surface area contributed by atoms with E-state index in [0.717, 1.165) is 32.1 Å². The predicted octanol–water partition coefficient (Wildman–Crippen LogP) is 4.86. The summed E-state index contributed by atoms with van der Waals surface area (Å²) in [5.74, 6) is 1.09. The lowest BCUT2D eigenvalue weighted by Gasteiger charge is -2.63. The van der Waals surface area contributed by atoms with Crippen LogP contribution in [0.25, 0.3) is 0 Å². The molecule has 5 saturated carbocycles. The molecule has 2 spiro atoms. The fourth-order valence-electron chi connectivity index (χ4n) is 12.4. The predicted molar refractivity (Wildman–Crippen MR) is 144 cm³/mol. The molecule has 0 aromatic rings. The van der Waals surface area contributed by atoms with E-state index in [0.29, 0.717) is 23.7 Å². The van der Waals surface area contributed by atoms with E-state index < -0.39 is 29.9 Å². The summed E-state index contributed by atoms with van der Waals surface area (Å²) in [6, 6.07) is 0. The Bertz CT molecular complexity index is 1000. The van der Waals surface area contributed by atoms with Crippen molar-refractivity contribution in [3.05, 3.63) is 0 Å². The highest BCUT2D eigenvalue weighted by molar-refractivity contribution is 5.66. The smallest absolute Gasteiger partial charge is 0.303 e. The van der Waals surface area contributed by atoms with Crippen LogP contribution in [-0.4, -0.2) is 57.4 Å². The Hall–Kier alpha value is -0.690. The summed E-state index contributed by atoms with van der Waals surface area (Å²) in [6.45, 7) is 16.4. The van der Waals surface area contributed by atoms with Crippen LogP contribution in [0.1, 0.15) is 107 Å². The largest absolute Gasteiger partial charge is 0.457 e. The van der Waals surface area contributed by atoms with Gasteiger partial charge >= 0.3 is 5.97 Å². The van der Waals surface area contributed by atoms with Crippen LogP contribution in [0.3, 0.4) is 0 Å². The summed E-state index contributed by atoms with van der Waals surface area (Å²) < 4.78 is 12.4. The Balaban J connectivity index is 1.35. The third kappa shape index (κ3) is 3.13. The lowest BCUT2D eigenvalue weighted by molar-refractivity contribution is -0.216. The van der Waals surface area contributed by atoms with E-state index in [-0.39, 0.29) is 45.7 Å². The highest BCUT2D eigenvalue weighted by Gasteiger charge is 2.84. The number of hydrogen-bond acceptors (Lipinski definition) is 6. The van der Waals surface area contributed by atoms with Gasteiger partial charge in [-0.1, -0.05) is 34.6 Å². The minimum absolute atomic E-state index is 0.0383. The second kappa shape index (κ2) is 7.98. The van der Waals surface area contributed by atoms with Crippen LogP contribution in [0.5, 0.6) is 0 Å². The van der Waals surface area contributed by atoms with Gasteiger partial charge in [0.2, 0.25) is 0 Å². The van der Waals surface area contributed by atoms with Gasteiger partial charge in [-0.15, -0.1) is 0 Å². The van der Waals surface area contributed by atoms with Gasteiger partial charge in [-0.05, 0) is 111 Å². The van der Waals surface area contributed by atoms with Gasteiger partial charge in [0, 0.05) is 12.3 Å². The number of carbonyl (C=O) groups excluding carboxylic acids is 1. The first kappa shape index (κ1) is 27.5. The van der Waals surface area contributed by atoms with Crippen molar-refractivity contribution in [1.29, 1.82) is 0 Å². The Morgan fingerprint density at radius 2 is 1.63 bits per heavy atom. The van der Waals surface area contributed by atoms with E-state index in [1.807, 2.05) is 0 Å². The van der Waals surface area contributed by atoms with Crippen molar-refractivity contribution in [2.45, 2.75) is 143 Å². The fourth-order valence-corrected chi connectivity index (χ4v) is 12.4. The molecule has 216 valence electrons. The van der Waals surface area contributed by atoms with Gasteiger partial charge in [0.15, 0.2) is 6.10 Å². The Kier molecular flexibility index (Phi) is 5.77. The maximum atomic E-state index is 12.3. The highest BCUT2D eigenvalue weighted by Crippen LogP contribution is 2.89. The minimum Gasteiger partial charge on any atom is -0.457 e. The van der Waals surface area contributed by atoms with Crippen LogP contribution >= 0.6 is 0 Å². The molecular weight excluding hydrogens is 480 g/mol. The monoisotopic (exact) mass is 532 g/mol. The van der Waals surface area contributed by atoms with Crippen LogP contribution < -0.4 is 0 Å². The summed E-state index contributed by atoms with van der Waals surface area (Å²) in [5.41, 5.74) is -1.01. The van der Waals surface area contributed by atoms with E-state index in [4.69, 9.17) is 9.47 Å². The molecule has 6 aliphatic rings. The molecule has 0 bridgehead atoms. The first-order valence-corrected chi connectivity index (χ1v) is 15.4. The van der Waals surface area contributed by atoms with Gasteiger partial charge < -0.3 is 24.8 Å². The molecule has 0 aromatic carbocycles. The van der Waals surface area contributed by atoms with E-state index in [1.165, 1.54) is 19.8 Å². The summed E-state index contributed by atoms with van der Waals surface area (Å²) >= 11 is 0. The maximum absolute atomic E-state index is 12.3. The lowest BCUT2D eigenvalue weighted by Crippen LogP contribution is -2.59.